The minimum absolute atomic E-state index is 0.209. The smallest absolute Gasteiger partial charge is 0.273 e. The van der Waals surface area contributed by atoms with Crippen molar-refractivity contribution >= 4 is 16.8 Å². The highest BCUT2D eigenvalue weighted by molar-refractivity contribution is 5.87. The van der Waals surface area contributed by atoms with Crippen LogP contribution in [0.15, 0.2) is 53.3 Å². The molecule has 5 heteroatoms. The first-order valence-corrected chi connectivity index (χ1v) is 8.89. The molecule has 0 aliphatic carbocycles. The number of hydrogen-bond acceptors (Lipinski definition) is 3. The third-order valence-corrected chi connectivity index (χ3v) is 4.38. The number of benzene rings is 2. The first kappa shape index (κ1) is 17.9. The van der Waals surface area contributed by atoms with E-state index in [-0.39, 0.29) is 23.8 Å². The second-order valence-corrected chi connectivity index (χ2v) is 6.62. The molecule has 0 fully saturated rings. The van der Waals surface area contributed by atoms with Crippen LogP contribution in [0.2, 0.25) is 0 Å². The lowest BCUT2D eigenvalue weighted by atomic mass is 10.0. The third-order valence-electron chi connectivity index (χ3n) is 4.38. The lowest BCUT2D eigenvalue weighted by Crippen LogP contribution is -2.37. The summed E-state index contributed by atoms with van der Waals surface area (Å²) in [7, 11) is 0. The molecular formula is C21H23N3O2. The Bertz CT molecular complexity index is 991. The number of fused-ring (bicyclic) bond motifs is 1. The number of amides is 1. The van der Waals surface area contributed by atoms with E-state index in [2.05, 4.69) is 24.3 Å². The largest absolute Gasteiger partial charge is 0.280 e. The highest BCUT2D eigenvalue weighted by atomic mass is 16.2. The molecule has 0 bridgehead atoms. The molecule has 134 valence electrons. The van der Waals surface area contributed by atoms with Crippen LogP contribution < -0.4 is 11.0 Å². The minimum atomic E-state index is -0.242. The monoisotopic (exact) mass is 349 g/mol. The third kappa shape index (κ3) is 3.52. The predicted molar refractivity (Wildman–Crippen MR) is 104 cm³/mol. The van der Waals surface area contributed by atoms with E-state index < -0.39 is 0 Å². The lowest BCUT2D eigenvalue weighted by molar-refractivity contribution is -0.116. The van der Waals surface area contributed by atoms with Crippen LogP contribution in [0.1, 0.15) is 43.6 Å². The molecule has 1 aromatic heterocycles. The van der Waals surface area contributed by atoms with E-state index in [1.54, 1.807) is 6.07 Å². The SMILES string of the molecule is CCc1nc2c(C(C)C)cccc2c(=O)n1NC(=O)Cc1ccccc1. The zero-order valence-electron chi connectivity index (χ0n) is 15.3. The molecule has 0 saturated carbocycles. The van der Waals surface area contributed by atoms with E-state index in [0.29, 0.717) is 17.6 Å². The van der Waals surface area contributed by atoms with Crippen molar-refractivity contribution in [1.29, 1.82) is 0 Å². The van der Waals surface area contributed by atoms with E-state index in [1.807, 2.05) is 49.4 Å². The van der Waals surface area contributed by atoms with Gasteiger partial charge < -0.3 is 0 Å². The summed E-state index contributed by atoms with van der Waals surface area (Å²) in [5, 5.41) is 0.522. The number of aromatic nitrogens is 2. The van der Waals surface area contributed by atoms with Crippen LogP contribution in [-0.4, -0.2) is 15.6 Å². The van der Waals surface area contributed by atoms with Crippen LogP contribution in [-0.2, 0) is 17.6 Å². The van der Waals surface area contributed by atoms with Crippen LogP contribution in [0, 0.1) is 0 Å². The Balaban J connectivity index is 2.01. The summed E-state index contributed by atoms with van der Waals surface area (Å²) in [5.41, 5.74) is 5.14. The molecule has 26 heavy (non-hydrogen) atoms. The molecule has 5 nitrogen and oxygen atoms in total. The van der Waals surface area contributed by atoms with E-state index >= 15 is 0 Å². The van der Waals surface area contributed by atoms with Crippen molar-refractivity contribution in [2.24, 2.45) is 0 Å². The van der Waals surface area contributed by atoms with Gasteiger partial charge in [-0.05, 0) is 23.1 Å². The molecule has 3 aromatic rings. The van der Waals surface area contributed by atoms with Gasteiger partial charge in [-0.15, -0.1) is 0 Å². The Morgan fingerprint density at radius 1 is 1.12 bits per heavy atom. The van der Waals surface area contributed by atoms with Gasteiger partial charge in [0.15, 0.2) is 0 Å². The molecule has 0 spiro atoms. The van der Waals surface area contributed by atoms with Crippen molar-refractivity contribution in [3.05, 3.63) is 75.8 Å². The highest BCUT2D eigenvalue weighted by Crippen LogP contribution is 2.22. The molecule has 1 amide bonds. The topological polar surface area (TPSA) is 64.0 Å². The van der Waals surface area contributed by atoms with Gasteiger partial charge in [0.25, 0.3) is 5.56 Å². The fourth-order valence-corrected chi connectivity index (χ4v) is 3.04. The van der Waals surface area contributed by atoms with Gasteiger partial charge in [-0.25, -0.2) is 9.66 Å². The second-order valence-electron chi connectivity index (χ2n) is 6.62. The van der Waals surface area contributed by atoms with Gasteiger partial charge in [0.2, 0.25) is 5.91 Å². The number of carbonyl (C=O) groups excluding carboxylic acids is 1. The summed E-state index contributed by atoms with van der Waals surface area (Å²) < 4.78 is 1.29. The van der Waals surface area contributed by atoms with Gasteiger partial charge in [-0.3, -0.25) is 15.0 Å². The average Bonchev–Trinajstić information content (AvgIpc) is 2.64. The summed E-state index contributed by atoms with van der Waals surface area (Å²) in [4.78, 5) is 30.1. The van der Waals surface area contributed by atoms with Gasteiger partial charge in [0, 0.05) is 6.42 Å². The lowest BCUT2D eigenvalue weighted by Gasteiger charge is -2.16. The summed E-state index contributed by atoms with van der Waals surface area (Å²) in [6, 6.07) is 15.1. The van der Waals surface area contributed by atoms with Crippen LogP contribution in [0.5, 0.6) is 0 Å². The Morgan fingerprint density at radius 3 is 2.50 bits per heavy atom. The molecule has 0 saturated heterocycles. The molecule has 2 aromatic carbocycles. The average molecular weight is 349 g/mol. The standard InChI is InChI=1S/C21H23N3O2/c1-4-18-22-20-16(14(2)3)11-8-12-17(20)21(26)24(18)23-19(25)13-15-9-6-5-7-10-15/h5-12,14H,4,13H2,1-3H3,(H,23,25). The fourth-order valence-electron chi connectivity index (χ4n) is 3.04. The minimum Gasteiger partial charge on any atom is -0.273 e. The number of nitrogens with zero attached hydrogens (tertiary/aromatic N) is 2. The summed E-state index contributed by atoms with van der Waals surface area (Å²) in [6.07, 6.45) is 0.754. The maximum absolute atomic E-state index is 13.0. The molecule has 1 N–H and O–H groups in total. The number of carbonyl (C=O) groups is 1. The number of nitrogens with one attached hydrogen (secondary N) is 1. The summed E-state index contributed by atoms with van der Waals surface area (Å²) >= 11 is 0. The van der Waals surface area contributed by atoms with Crippen LogP contribution in [0.3, 0.4) is 0 Å². The number of rotatable bonds is 5. The number of aryl methyl sites for hydroxylation is 1. The van der Waals surface area contributed by atoms with Gasteiger partial charge in [0.1, 0.15) is 5.82 Å². The van der Waals surface area contributed by atoms with Gasteiger partial charge >= 0.3 is 0 Å². The first-order valence-electron chi connectivity index (χ1n) is 8.89. The van der Waals surface area contributed by atoms with Crippen molar-refractivity contribution < 1.29 is 4.79 Å². The first-order chi connectivity index (χ1) is 12.5. The molecule has 0 unspecified atom stereocenters. The molecule has 1 heterocycles. The van der Waals surface area contributed by atoms with Gasteiger partial charge in [-0.1, -0.05) is 63.2 Å². The maximum atomic E-state index is 13.0. The fraction of sp³-hybridized carbons (Fsp3) is 0.286. The van der Waals surface area contributed by atoms with E-state index in [0.717, 1.165) is 16.6 Å². The van der Waals surface area contributed by atoms with Crippen LogP contribution in [0.4, 0.5) is 0 Å². The second kappa shape index (κ2) is 7.52. The predicted octanol–water partition coefficient (Wildman–Crippen LogP) is 3.40. The zero-order valence-corrected chi connectivity index (χ0v) is 15.3. The van der Waals surface area contributed by atoms with E-state index in [1.165, 1.54) is 4.68 Å². The van der Waals surface area contributed by atoms with Crippen molar-refractivity contribution in [2.45, 2.75) is 39.5 Å². The Morgan fingerprint density at radius 2 is 1.85 bits per heavy atom. The van der Waals surface area contributed by atoms with Gasteiger partial charge in [0.05, 0.1) is 17.3 Å². The van der Waals surface area contributed by atoms with E-state index in [4.69, 9.17) is 0 Å². The Labute approximate surface area is 152 Å². The van der Waals surface area contributed by atoms with Gasteiger partial charge in [-0.2, -0.15) is 0 Å². The van der Waals surface area contributed by atoms with Crippen LogP contribution in [0.25, 0.3) is 10.9 Å². The number of hydrogen-bond donors (Lipinski definition) is 1. The molecular weight excluding hydrogens is 326 g/mol. The summed E-state index contributed by atoms with van der Waals surface area (Å²) in [5.74, 6) is 0.574. The quantitative estimate of drug-likeness (QED) is 0.768. The Kier molecular flexibility index (Phi) is 5.16. The summed E-state index contributed by atoms with van der Waals surface area (Å²) in [6.45, 7) is 6.08. The molecule has 0 aliphatic heterocycles. The van der Waals surface area contributed by atoms with Crippen molar-refractivity contribution in [3.63, 3.8) is 0 Å². The van der Waals surface area contributed by atoms with Crippen molar-refractivity contribution in [1.82, 2.24) is 9.66 Å². The van der Waals surface area contributed by atoms with Crippen LogP contribution >= 0.6 is 0 Å². The molecule has 3 rings (SSSR count). The highest BCUT2D eigenvalue weighted by Gasteiger charge is 2.15. The molecule has 0 aliphatic rings. The maximum Gasteiger partial charge on any atom is 0.280 e. The molecule has 0 radical (unpaired) electrons. The zero-order chi connectivity index (χ0) is 18.7. The number of para-hydroxylation sites is 1. The normalized spacial score (nSPS) is 11.1. The van der Waals surface area contributed by atoms with E-state index in [9.17, 15) is 9.59 Å². The van der Waals surface area contributed by atoms with Crippen molar-refractivity contribution in [3.8, 4) is 0 Å². The van der Waals surface area contributed by atoms with Crippen molar-refractivity contribution in [2.75, 3.05) is 5.43 Å². The molecule has 0 atom stereocenters. The Hall–Kier alpha value is -2.95.